The highest BCUT2D eigenvalue weighted by Crippen LogP contribution is 2.31. The Morgan fingerprint density at radius 2 is 1.79 bits per heavy atom. The summed E-state index contributed by atoms with van der Waals surface area (Å²) >= 11 is 0. The van der Waals surface area contributed by atoms with Gasteiger partial charge in [-0.25, -0.2) is 9.18 Å². The van der Waals surface area contributed by atoms with Gasteiger partial charge in [0.25, 0.3) is 0 Å². The zero-order valence-electron chi connectivity index (χ0n) is 16.7. The lowest BCUT2D eigenvalue weighted by atomic mass is 9.81. The molecule has 0 amide bonds. The maximum Gasteiger partial charge on any atom is 0.343 e. The van der Waals surface area contributed by atoms with Crippen molar-refractivity contribution in [1.82, 2.24) is 0 Å². The van der Waals surface area contributed by atoms with Crippen molar-refractivity contribution >= 4 is 5.97 Å². The quantitative estimate of drug-likeness (QED) is 0.333. The van der Waals surface area contributed by atoms with Crippen molar-refractivity contribution in [3.63, 3.8) is 0 Å². The molecule has 1 saturated carbocycles. The van der Waals surface area contributed by atoms with E-state index in [4.69, 9.17) is 14.7 Å². The largest absolute Gasteiger partial charge is 0.494 e. The molecule has 2 aromatic rings. The monoisotopic (exact) mass is 395 g/mol. The number of carbonyl (C=O) groups is 1. The first kappa shape index (κ1) is 20.9. The Labute approximate surface area is 171 Å². The fourth-order valence-electron chi connectivity index (χ4n) is 3.68. The van der Waals surface area contributed by atoms with Crippen LogP contribution >= 0.6 is 0 Å². The van der Waals surface area contributed by atoms with Gasteiger partial charge in [0.1, 0.15) is 23.4 Å². The van der Waals surface area contributed by atoms with Crippen molar-refractivity contribution in [3.05, 3.63) is 59.4 Å². The fraction of sp³-hybridized carbons (Fsp3) is 0.417. The van der Waals surface area contributed by atoms with E-state index in [-0.39, 0.29) is 11.3 Å². The van der Waals surface area contributed by atoms with Gasteiger partial charge in [-0.15, -0.1) is 0 Å². The first-order valence-electron chi connectivity index (χ1n) is 10.2. The van der Waals surface area contributed by atoms with Crippen molar-refractivity contribution in [3.8, 4) is 17.6 Å². The van der Waals surface area contributed by atoms with Crippen molar-refractivity contribution in [1.29, 1.82) is 5.26 Å². The Bertz CT molecular complexity index is 865. The van der Waals surface area contributed by atoms with E-state index in [1.807, 2.05) is 0 Å². The van der Waals surface area contributed by atoms with E-state index in [1.165, 1.54) is 44.2 Å². The van der Waals surface area contributed by atoms with Crippen LogP contribution in [0.4, 0.5) is 4.39 Å². The van der Waals surface area contributed by atoms with Gasteiger partial charge in [0.2, 0.25) is 0 Å². The molecule has 0 spiro atoms. The normalized spacial score (nSPS) is 18.7. The van der Waals surface area contributed by atoms with E-state index in [9.17, 15) is 9.18 Å². The van der Waals surface area contributed by atoms with Gasteiger partial charge in [0.05, 0.1) is 17.7 Å². The van der Waals surface area contributed by atoms with E-state index >= 15 is 0 Å². The molecule has 1 fully saturated rings. The van der Waals surface area contributed by atoms with E-state index < -0.39 is 11.8 Å². The zero-order chi connectivity index (χ0) is 20.6. The van der Waals surface area contributed by atoms with E-state index in [0.717, 1.165) is 24.3 Å². The highest BCUT2D eigenvalue weighted by atomic mass is 19.1. The van der Waals surface area contributed by atoms with Crippen LogP contribution in [0.25, 0.3) is 0 Å². The van der Waals surface area contributed by atoms with Crippen LogP contribution in [-0.4, -0.2) is 12.6 Å². The number of carbonyl (C=O) groups excluding carboxylic acids is 1. The third kappa shape index (κ3) is 6.05. The number of ether oxygens (including phenoxy) is 2. The molecule has 0 radical (unpaired) electrons. The highest BCUT2D eigenvalue weighted by molar-refractivity contribution is 5.91. The van der Waals surface area contributed by atoms with Crippen LogP contribution in [0, 0.1) is 29.0 Å². The zero-order valence-corrected chi connectivity index (χ0v) is 16.7. The van der Waals surface area contributed by atoms with Crippen molar-refractivity contribution in [2.24, 2.45) is 11.8 Å². The third-order valence-corrected chi connectivity index (χ3v) is 5.52. The molecule has 152 valence electrons. The Morgan fingerprint density at radius 3 is 2.45 bits per heavy atom. The van der Waals surface area contributed by atoms with Gasteiger partial charge in [-0.3, -0.25) is 0 Å². The molecule has 0 aliphatic heterocycles. The predicted octanol–water partition coefficient (Wildman–Crippen LogP) is 5.90. The summed E-state index contributed by atoms with van der Waals surface area (Å²) in [6.07, 6.45) is 7.60. The summed E-state index contributed by atoms with van der Waals surface area (Å²) in [7, 11) is 0. The summed E-state index contributed by atoms with van der Waals surface area (Å²) in [5.41, 5.74) is 0.253. The molecule has 4 nitrogen and oxygen atoms in total. The van der Waals surface area contributed by atoms with Gasteiger partial charge in [-0.2, -0.15) is 5.26 Å². The summed E-state index contributed by atoms with van der Waals surface area (Å²) in [4.78, 5) is 12.2. The number of esters is 1. The van der Waals surface area contributed by atoms with Crippen LogP contribution in [-0.2, 0) is 0 Å². The van der Waals surface area contributed by atoms with Crippen molar-refractivity contribution in [2.75, 3.05) is 6.61 Å². The summed E-state index contributed by atoms with van der Waals surface area (Å²) in [5, 5.41) is 8.74. The van der Waals surface area contributed by atoms with E-state index in [1.54, 1.807) is 30.3 Å². The van der Waals surface area contributed by atoms with Crippen molar-refractivity contribution < 1.29 is 18.7 Å². The molecule has 0 saturated heterocycles. The van der Waals surface area contributed by atoms with Gasteiger partial charge < -0.3 is 9.47 Å². The van der Waals surface area contributed by atoms with Gasteiger partial charge in [0, 0.05) is 6.07 Å². The number of halogens is 1. The summed E-state index contributed by atoms with van der Waals surface area (Å²) in [6.45, 7) is 3.00. The first-order chi connectivity index (χ1) is 14.0. The molecule has 0 bridgehead atoms. The van der Waals surface area contributed by atoms with Crippen LogP contribution < -0.4 is 9.47 Å². The Hall–Kier alpha value is -2.87. The smallest absolute Gasteiger partial charge is 0.343 e. The second-order valence-electron chi connectivity index (χ2n) is 7.78. The fourth-order valence-corrected chi connectivity index (χ4v) is 3.68. The molecule has 0 heterocycles. The molecule has 0 N–H and O–H groups in total. The minimum absolute atomic E-state index is 0.0592. The topological polar surface area (TPSA) is 59.3 Å². The third-order valence-electron chi connectivity index (χ3n) is 5.52. The molecule has 0 unspecified atom stereocenters. The maximum atomic E-state index is 13.6. The molecular weight excluding hydrogens is 369 g/mol. The second kappa shape index (κ2) is 10.1. The molecule has 5 heteroatoms. The Balaban J connectivity index is 1.44. The SMILES string of the molecule is CC1CCC(CCCOc2ccc(C(=O)Oc3ccc(C#N)c(F)c3)cc2)CC1. The molecule has 2 aromatic carbocycles. The number of hydrogen-bond acceptors (Lipinski definition) is 4. The van der Waals surface area contributed by atoms with Crippen LogP contribution in [0.5, 0.6) is 11.5 Å². The van der Waals surface area contributed by atoms with Gasteiger partial charge in [0.15, 0.2) is 0 Å². The Kier molecular flexibility index (Phi) is 7.24. The number of hydrogen-bond donors (Lipinski definition) is 0. The lowest BCUT2D eigenvalue weighted by Gasteiger charge is -2.25. The average Bonchev–Trinajstić information content (AvgIpc) is 2.73. The van der Waals surface area contributed by atoms with Gasteiger partial charge in [-0.05, 0) is 61.1 Å². The van der Waals surface area contributed by atoms with Crippen LogP contribution in [0.3, 0.4) is 0 Å². The number of nitrogens with zero attached hydrogens (tertiary/aromatic N) is 1. The first-order valence-corrected chi connectivity index (χ1v) is 10.2. The highest BCUT2D eigenvalue weighted by Gasteiger charge is 2.17. The van der Waals surface area contributed by atoms with E-state index in [0.29, 0.717) is 17.9 Å². The molecule has 1 aliphatic carbocycles. The molecule has 1 aliphatic rings. The molecule has 0 atom stereocenters. The van der Waals surface area contributed by atoms with E-state index in [2.05, 4.69) is 6.92 Å². The van der Waals surface area contributed by atoms with Crippen LogP contribution in [0.15, 0.2) is 42.5 Å². The maximum absolute atomic E-state index is 13.6. The number of nitriles is 1. The summed E-state index contributed by atoms with van der Waals surface area (Å²) in [6, 6.07) is 12.1. The van der Waals surface area contributed by atoms with Crippen molar-refractivity contribution in [2.45, 2.75) is 45.4 Å². The molecule has 29 heavy (non-hydrogen) atoms. The predicted molar refractivity (Wildman–Crippen MR) is 108 cm³/mol. The summed E-state index contributed by atoms with van der Waals surface area (Å²) < 4.78 is 24.6. The molecule has 3 rings (SSSR count). The summed E-state index contributed by atoms with van der Waals surface area (Å²) in [5.74, 6) is 1.17. The molecular formula is C24H26FNO3. The molecule has 0 aromatic heterocycles. The minimum Gasteiger partial charge on any atom is -0.494 e. The van der Waals surface area contributed by atoms with Crippen LogP contribution in [0.2, 0.25) is 0 Å². The minimum atomic E-state index is -0.718. The van der Waals surface area contributed by atoms with Crippen LogP contribution in [0.1, 0.15) is 61.4 Å². The number of benzene rings is 2. The Morgan fingerprint density at radius 1 is 1.10 bits per heavy atom. The van der Waals surface area contributed by atoms with Gasteiger partial charge >= 0.3 is 5.97 Å². The second-order valence-corrected chi connectivity index (χ2v) is 7.78. The van der Waals surface area contributed by atoms with Gasteiger partial charge in [-0.1, -0.05) is 32.6 Å². The standard InChI is InChI=1S/C24H26FNO3/c1-17-4-6-18(7-5-17)3-2-14-28-21-11-8-19(9-12-21)24(27)29-22-13-10-20(16-26)23(25)15-22/h8-13,15,17-18H,2-7,14H2,1H3. The average molecular weight is 395 g/mol. The lowest BCUT2D eigenvalue weighted by Crippen LogP contribution is -2.13. The lowest BCUT2D eigenvalue weighted by molar-refractivity contribution is 0.0734. The number of rotatable bonds is 7.